The van der Waals surface area contributed by atoms with Crippen molar-refractivity contribution >= 4 is 0 Å². The molecular weight excluding hydrogens is 158 g/mol. The third-order valence-corrected chi connectivity index (χ3v) is 3.15. The zero-order valence-electron chi connectivity index (χ0n) is 8.43. The number of benzene rings is 1. The van der Waals surface area contributed by atoms with Crippen molar-refractivity contribution in [2.45, 2.75) is 26.2 Å². The van der Waals surface area contributed by atoms with Gasteiger partial charge >= 0.3 is 0 Å². The minimum Gasteiger partial charge on any atom is -0.316 e. The Kier molecular flexibility index (Phi) is 2.36. The highest BCUT2D eigenvalue weighted by atomic mass is 14.9. The Morgan fingerprint density at radius 1 is 1.31 bits per heavy atom. The second-order valence-electron chi connectivity index (χ2n) is 3.98. The maximum absolute atomic E-state index is 3.42. The normalized spacial score (nSPS) is 22.2. The highest BCUT2D eigenvalue weighted by molar-refractivity contribution is 5.36. The lowest BCUT2D eigenvalue weighted by atomic mass is 9.92. The fourth-order valence-electron chi connectivity index (χ4n) is 2.14. The van der Waals surface area contributed by atoms with Crippen LogP contribution in [-0.2, 0) is 0 Å². The summed E-state index contributed by atoms with van der Waals surface area (Å²) in [6, 6.07) is 6.65. The van der Waals surface area contributed by atoms with Crippen molar-refractivity contribution < 1.29 is 0 Å². The molecule has 2 rings (SSSR count). The quantitative estimate of drug-likeness (QED) is 0.691. The highest BCUT2D eigenvalue weighted by Gasteiger charge is 2.18. The first-order valence-electron chi connectivity index (χ1n) is 5.06. The van der Waals surface area contributed by atoms with Crippen molar-refractivity contribution in [3.8, 4) is 0 Å². The zero-order chi connectivity index (χ0) is 9.26. The minimum absolute atomic E-state index is 0.750. The van der Waals surface area contributed by atoms with Crippen molar-refractivity contribution in [2.24, 2.45) is 0 Å². The highest BCUT2D eigenvalue weighted by Crippen LogP contribution is 2.26. The lowest BCUT2D eigenvalue weighted by Gasteiger charge is -2.13. The first-order valence-corrected chi connectivity index (χ1v) is 5.06. The molecule has 13 heavy (non-hydrogen) atoms. The minimum atomic E-state index is 0.750. The molecule has 70 valence electrons. The van der Waals surface area contributed by atoms with Crippen LogP contribution in [0.2, 0.25) is 0 Å². The van der Waals surface area contributed by atoms with Gasteiger partial charge in [0, 0.05) is 6.54 Å². The molecule has 1 N–H and O–H groups in total. The molecule has 0 aliphatic carbocycles. The van der Waals surface area contributed by atoms with E-state index in [1.165, 1.54) is 24.1 Å². The number of nitrogens with one attached hydrogen (secondary N) is 1. The van der Waals surface area contributed by atoms with Crippen LogP contribution in [0.5, 0.6) is 0 Å². The van der Waals surface area contributed by atoms with Gasteiger partial charge in [-0.25, -0.2) is 0 Å². The molecule has 0 aromatic heterocycles. The van der Waals surface area contributed by atoms with Gasteiger partial charge in [-0.15, -0.1) is 0 Å². The molecule has 0 unspecified atom stereocenters. The van der Waals surface area contributed by atoms with E-state index in [1.807, 2.05) is 0 Å². The Morgan fingerprint density at radius 3 is 2.85 bits per heavy atom. The zero-order valence-corrected chi connectivity index (χ0v) is 8.43. The van der Waals surface area contributed by atoms with Crippen LogP contribution >= 0.6 is 0 Å². The smallest absolute Gasteiger partial charge is 0.00207 e. The summed E-state index contributed by atoms with van der Waals surface area (Å²) in [6.45, 7) is 6.77. The molecule has 1 aromatic carbocycles. The maximum Gasteiger partial charge on any atom is 0.00207 e. The first kappa shape index (κ1) is 8.76. The van der Waals surface area contributed by atoms with Crippen LogP contribution in [0.25, 0.3) is 0 Å². The van der Waals surface area contributed by atoms with E-state index in [4.69, 9.17) is 0 Å². The van der Waals surface area contributed by atoms with Crippen LogP contribution in [0, 0.1) is 13.8 Å². The third kappa shape index (κ3) is 1.61. The van der Waals surface area contributed by atoms with Crippen molar-refractivity contribution in [1.29, 1.82) is 0 Å². The summed E-state index contributed by atoms with van der Waals surface area (Å²) in [6.07, 6.45) is 1.30. The van der Waals surface area contributed by atoms with Crippen molar-refractivity contribution in [3.63, 3.8) is 0 Å². The van der Waals surface area contributed by atoms with E-state index in [2.05, 4.69) is 37.4 Å². The second kappa shape index (κ2) is 3.51. The summed E-state index contributed by atoms with van der Waals surface area (Å²) in [7, 11) is 0. The van der Waals surface area contributed by atoms with E-state index in [1.54, 1.807) is 5.56 Å². The van der Waals surface area contributed by atoms with Crippen LogP contribution in [0.3, 0.4) is 0 Å². The Hall–Kier alpha value is -0.820. The standard InChI is InChI=1S/C12H17N/c1-9-4-3-5-12(10(9)2)11-6-7-13-8-11/h3-5,11,13H,6-8H2,1-2H3/t11-/m1/s1. The molecular formula is C12H17N. The predicted octanol–water partition coefficient (Wildman–Crippen LogP) is 2.38. The molecule has 1 aliphatic heterocycles. The molecule has 0 saturated carbocycles. The topological polar surface area (TPSA) is 12.0 Å². The number of rotatable bonds is 1. The monoisotopic (exact) mass is 175 g/mol. The summed E-state index contributed by atoms with van der Waals surface area (Å²) >= 11 is 0. The van der Waals surface area contributed by atoms with Crippen molar-refractivity contribution in [3.05, 3.63) is 34.9 Å². The van der Waals surface area contributed by atoms with E-state index < -0.39 is 0 Å². The lowest BCUT2D eigenvalue weighted by molar-refractivity contribution is 0.756. The Balaban J connectivity index is 2.33. The average molecular weight is 175 g/mol. The van der Waals surface area contributed by atoms with Gasteiger partial charge in [0.1, 0.15) is 0 Å². The molecule has 0 spiro atoms. The van der Waals surface area contributed by atoms with Gasteiger partial charge in [-0.2, -0.15) is 0 Å². The second-order valence-corrected chi connectivity index (χ2v) is 3.98. The molecule has 0 amide bonds. The first-order chi connectivity index (χ1) is 6.29. The molecule has 1 heterocycles. The molecule has 0 bridgehead atoms. The van der Waals surface area contributed by atoms with Gasteiger partial charge in [0.25, 0.3) is 0 Å². The van der Waals surface area contributed by atoms with Gasteiger partial charge in [-0.1, -0.05) is 18.2 Å². The summed E-state index contributed by atoms with van der Waals surface area (Å²) < 4.78 is 0. The lowest BCUT2D eigenvalue weighted by Crippen LogP contribution is -2.09. The van der Waals surface area contributed by atoms with Crippen LogP contribution in [0.4, 0.5) is 0 Å². The Morgan fingerprint density at radius 2 is 2.15 bits per heavy atom. The maximum atomic E-state index is 3.42. The van der Waals surface area contributed by atoms with Gasteiger partial charge in [0.2, 0.25) is 0 Å². The van der Waals surface area contributed by atoms with Crippen molar-refractivity contribution in [2.75, 3.05) is 13.1 Å². The molecule has 1 fully saturated rings. The van der Waals surface area contributed by atoms with Crippen LogP contribution < -0.4 is 5.32 Å². The molecule has 1 saturated heterocycles. The van der Waals surface area contributed by atoms with Gasteiger partial charge in [-0.3, -0.25) is 0 Å². The van der Waals surface area contributed by atoms with E-state index in [0.29, 0.717) is 0 Å². The molecule has 1 heteroatoms. The molecule has 1 aliphatic rings. The fourth-order valence-corrected chi connectivity index (χ4v) is 2.14. The van der Waals surface area contributed by atoms with Gasteiger partial charge in [-0.05, 0) is 49.4 Å². The molecule has 1 atom stereocenters. The fraction of sp³-hybridized carbons (Fsp3) is 0.500. The Labute approximate surface area is 80.2 Å². The van der Waals surface area contributed by atoms with Crippen LogP contribution in [0.1, 0.15) is 29.0 Å². The summed E-state index contributed by atoms with van der Waals surface area (Å²) in [4.78, 5) is 0. The molecule has 0 radical (unpaired) electrons. The number of aryl methyl sites for hydroxylation is 1. The van der Waals surface area contributed by atoms with E-state index in [-0.39, 0.29) is 0 Å². The van der Waals surface area contributed by atoms with Crippen LogP contribution in [-0.4, -0.2) is 13.1 Å². The number of hydrogen-bond acceptors (Lipinski definition) is 1. The summed E-state index contributed by atoms with van der Waals surface area (Å²) in [5.74, 6) is 0.750. The van der Waals surface area contributed by atoms with Gasteiger partial charge < -0.3 is 5.32 Å². The molecule has 1 aromatic rings. The molecule has 1 nitrogen and oxygen atoms in total. The summed E-state index contributed by atoms with van der Waals surface area (Å²) in [5.41, 5.74) is 4.45. The van der Waals surface area contributed by atoms with E-state index in [9.17, 15) is 0 Å². The SMILES string of the molecule is Cc1cccc([C@@H]2CCNC2)c1C. The largest absolute Gasteiger partial charge is 0.316 e. The van der Waals surface area contributed by atoms with E-state index in [0.717, 1.165) is 12.5 Å². The average Bonchev–Trinajstić information content (AvgIpc) is 2.62. The Bertz CT molecular complexity index is 298. The van der Waals surface area contributed by atoms with Gasteiger partial charge in [0.15, 0.2) is 0 Å². The number of hydrogen-bond donors (Lipinski definition) is 1. The van der Waals surface area contributed by atoms with Crippen molar-refractivity contribution in [1.82, 2.24) is 5.32 Å². The predicted molar refractivity (Wildman–Crippen MR) is 56.1 cm³/mol. The summed E-state index contributed by atoms with van der Waals surface area (Å²) in [5, 5.41) is 3.42. The third-order valence-electron chi connectivity index (χ3n) is 3.15. The van der Waals surface area contributed by atoms with E-state index >= 15 is 0 Å². The van der Waals surface area contributed by atoms with Crippen LogP contribution in [0.15, 0.2) is 18.2 Å². The van der Waals surface area contributed by atoms with Gasteiger partial charge in [0.05, 0.1) is 0 Å².